The van der Waals surface area contributed by atoms with Crippen LogP contribution >= 0.6 is 0 Å². The molecular formula is C18H25FN2O3. The molecule has 2 saturated heterocycles. The summed E-state index contributed by atoms with van der Waals surface area (Å²) in [5.74, 6) is -0.158. The van der Waals surface area contributed by atoms with Gasteiger partial charge < -0.3 is 19.6 Å². The van der Waals surface area contributed by atoms with Crippen molar-refractivity contribution in [1.82, 2.24) is 9.80 Å². The highest BCUT2D eigenvalue weighted by Gasteiger charge is 2.33. The maximum Gasteiger partial charge on any atom is 0.253 e. The van der Waals surface area contributed by atoms with Crippen LogP contribution in [0, 0.1) is 11.7 Å². The Kier molecular flexibility index (Phi) is 5.48. The summed E-state index contributed by atoms with van der Waals surface area (Å²) in [6.07, 6.45) is 0.502. The second-order valence-electron chi connectivity index (χ2n) is 6.78. The first-order valence-corrected chi connectivity index (χ1v) is 8.57. The summed E-state index contributed by atoms with van der Waals surface area (Å²) in [6, 6.07) is 5.99. The molecule has 2 aliphatic heterocycles. The Labute approximate surface area is 142 Å². The lowest BCUT2D eigenvalue weighted by Crippen LogP contribution is -2.51. The van der Waals surface area contributed by atoms with Crippen molar-refractivity contribution in [2.75, 3.05) is 39.8 Å². The fraction of sp³-hybridized carbons (Fsp3) is 0.611. The van der Waals surface area contributed by atoms with Gasteiger partial charge in [0.2, 0.25) is 0 Å². The molecule has 0 spiro atoms. The van der Waals surface area contributed by atoms with Crippen molar-refractivity contribution in [2.24, 2.45) is 5.92 Å². The Bertz CT molecular complexity index is 558. The molecule has 2 atom stereocenters. The molecule has 1 aromatic carbocycles. The number of carbonyl (C=O) groups is 1. The van der Waals surface area contributed by atoms with E-state index < -0.39 is 6.10 Å². The summed E-state index contributed by atoms with van der Waals surface area (Å²) in [7, 11) is 1.99. The quantitative estimate of drug-likeness (QED) is 0.907. The van der Waals surface area contributed by atoms with Gasteiger partial charge in [0, 0.05) is 26.2 Å². The van der Waals surface area contributed by atoms with E-state index in [0.29, 0.717) is 26.2 Å². The summed E-state index contributed by atoms with van der Waals surface area (Å²) >= 11 is 0. The number of piperidine rings is 1. The second-order valence-corrected chi connectivity index (χ2v) is 6.78. The lowest BCUT2D eigenvalue weighted by atomic mass is 9.87. The third-order valence-electron chi connectivity index (χ3n) is 5.05. The van der Waals surface area contributed by atoms with Gasteiger partial charge in [0.25, 0.3) is 5.91 Å². The molecule has 1 N–H and O–H groups in total. The molecule has 2 fully saturated rings. The summed E-state index contributed by atoms with van der Waals surface area (Å²) in [5.41, 5.74) is 0.735. The van der Waals surface area contributed by atoms with Crippen LogP contribution in [0.3, 0.4) is 0 Å². The smallest absolute Gasteiger partial charge is 0.253 e. The third kappa shape index (κ3) is 3.94. The van der Waals surface area contributed by atoms with Crippen LogP contribution in [0.1, 0.15) is 24.5 Å². The van der Waals surface area contributed by atoms with Gasteiger partial charge in [-0.1, -0.05) is 12.1 Å². The van der Waals surface area contributed by atoms with E-state index in [1.807, 2.05) is 11.9 Å². The van der Waals surface area contributed by atoms with Gasteiger partial charge in [0.05, 0.1) is 12.7 Å². The molecule has 1 amide bonds. The van der Waals surface area contributed by atoms with Gasteiger partial charge >= 0.3 is 0 Å². The minimum Gasteiger partial charge on any atom is -0.388 e. The Hall–Kier alpha value is -1.50. The minimum absolute atomic E-state index is 0.0521. The molecule has 132 valence electrons. The van der Waals surface area contributed by atoms with Gasteiger partial charge in [-0.25, -0.2) is 4.39 Å². The molecule has 0 aromatic heterocycles. The first-order valence-electron chi connectivity index (χ1n) is 8.57. The number of likely N-dealkylation sites (N-methyl/N-ethyl adjacent to an activating group) is 1. The highest BCUT2D eigenvalue weighted by atomic mass is 19.1. The zero-order valence-electron chi connectivity index (χ0n) is 14.0. The van der Waals surface area contributed by atoms with Crippen molar-refractivity contribution in [1.29, 1.82) is 0 Å². The van der Waals surface area contributed by atoms with E-state index in [0.717, 1.165) is 24.9 Å². The zero-order valence-corrected chi connectivity index (χ0v) is 14.0. The van der Waals surface area contributed by atoms with Crippen LogP contribution in [0.2, 0.25) is 0 Å². The number of halogens is 1. The van der Waals surface area contributed by atoms with Gasteiger partial charge in [0.1, 0.15) is 11.9 Å². The molecule has 6 heteroatoms. The fourth-order valence-electron chi connectivity index (χ4n) is 3.50. The molecule has 2 unspecified atom stereocenters. The van der Waals surface area contributed by atoms with E-state index in [9.17, 15) is 14.3 Å². The number of hydrogen-bond acceptors (Lipinski definition) is 4. The Morgan fingerprint density at radius 1 is 1.25 bits per heavy atom. The minimum atomic E-state index is -0.611. The van der Waals surface area contributed by atoms with Gasteiger partial charge in [-0.3, -0.25) is 4.79 Å². The lowest BCUT2D eigenvalue weighted by Gasteiger charge is -2.38. The average Bonchev–Trinajstić information content (AvgIpc) is 2.61. The number of benzene rings is 1. The number of morpholine rings is 1. The normalized spacial score (nSPS) is 24.8. The van der Waals surface area contributed by atoms with E-state index in [4.69, 9.17) is 4.74 Å². The topological polar surface area (TPSA) is 53.0 Å². The molecule has 0 radical (unpaired) electrons. The predicted molar refractivity (Wildman–Crippen MR) is 87.9 cm³/mol. The van der Waals surface area contributed by atoms with Gasteiger partial charge in [-0.05, 0) is 43.5 Å². The lowest BCUT2D eigenvalue weighted by molar-refractivity contribution is -0.150. The van der Waals surface area contributed by atoms with Crippen molar-refractivity contribution in [3.63, 3.8) is 0 Å². The Balaban J connectivity index is 1.53. The third-order valence-corrected chi connectivity index (χ3v) is 5.05. The Morgan fingerprint density at radius 2 is 1.92 bits per heavy atom. The molecule has 0 aliphatic carbocycles. The molecule has 1 aromatic rings. The molecule has 2 aliphatic rings. The molecular weight excluding hydrogens is 311 g/mol. The van der Waals surface area contributed by atoms with Crippen LogP contribution in [0.15, 0.2) is 24.3 Å². The standard InChI is InChI=1S/C18H25FN2O3/c1-20-10-11-24-16(12-20)18(23)21-8-6-14(7-9-21)17(22)13-2-4-15(19)5-3-13/h2-5,14,16-17,22H,6-12H2,1H3. The number of likely N-dealkylation sites (tertiary alicyclic amines) is 1. The van der Waals surface area contributed by atoms with Gasteiger partial charge in [-0.15, -0.1) is 0 Å². The van der Waals surface area contributed by atoms with Crippen LogP contribution in [-0.2, 0) is 9.53 Å². The van der Waals surface area contributed by atoms with Crippen LogP contribution in [0.4, 0.5) is 4.39 Å². The summed E-state index contributed by atoms with van der Waals surface area (Å²) < 4.78 is 18.6. The molecule has 5 nitrogen and oxygen atoms in total. The first kappa shape index (κ1) is 17.3. The first-order chi connectivity index (χ1) is 11.5. The highest BCUT2D eigenvalue weighted by molar-refractivity contribution is 5.81. The maximum atomic E-state index is 13.0. The number of hydrogen-bond donors (Lipinski definition) is 1. The van der Waals surface area contributed by atoms with Crippen molar-refractivity contribution in [3.8, 4) is 0 Å². The van der Waals surface area contributed by atoms with E-state index in [-0.39, 0.29) is 23.7 Å². The van der Waals surface area contributed by atoms with E-state index in [2.05, 4.69) is 4.90 Å². The monoisotopic (exact) mass is 336 g/mol. The number of rotatable bonds is 3. The van der Waals surface area contributed by atoms with Crippen molar-refractivity contribution in [3.05, 3.63) is 35.6 Å². The number of nitrogens with zero attached hydrogens (tertiary/aromatic N) is 2. The van der Waals surface area contributed by atoms with Crippen LogP contribution in [-0.4, -0.2) is 66.8 Å². The van der Waals surface area contributed by atoms with Crippen LogP contribution in [0.5, 0.6) is 0 Å². The predicted octanol–water partition coefficient (Wildman–Crippen LogP) is 1.43. The zero-order chi connectivity index (χ0) is 17.1. The maximum absolute atomic E-state index is 13.0. The van der Waals surface area contributed by atoms with Crippen LogP contribution in [0.25, 0.3) is 0 Å². The van der Waals surface area contributed by atoms with Gasteiger partial charge in [-0.2, -0.15) is 0 Å². The van der Waals surface area contributed by atoms with Crippen molar-refractivity contribution >= 4 is 5.91 Å². The number of ether oxygens (including phenoxy) is 1. The van der Waals surface area contributed by atoms with Gasteiger partial charge in [0.15, 0.2) is 0 Å². The number of amides is 1. The highest BCUT2D eigenvalue weighted by Crippen LogP contribution is 2.31. The largest absolute Gasteiger partial charge is 0.388 e. The van der Waals surface area contributed by atoms with Crippen molar-refractivity contribution < 1.29 is 19.0 Å². The van der Waals surface area contributed by atoms with E-state index in [1.54, 1.807) is 12.1 Å². The number of aliphatic hydroxyl groups excluding tert-OH is 1. The van der Waals surface area contributed by atoms with Crippen molar-refractivity contribution in [2.45, 2.75) is 25.0 Å². The van der Waals surface area contributed by atoms with E-state index in [1.165, 1.54) is 12.1 Å². The molecule has 2 heterocycles. The number of carbonyl (C=O) groups excluding carboxylic acids is 1. The SMILES string of the molecule is CN1CCOC(C(=O)N2CCC(C(O)c3ccc(F)cc3)CC2)C1. The Morgan fingerprint density at radius 3 is 2.54 bits per heavy atom. The summed E-state index contributed by atoms with van der Waals surface area (Å²) in [5, 5.41) is 10.5. The van der Waals surface area contributed by atoms with Crippen LogP contribution < -0.4 is 0 Å². The molecule has 0 bridgehead atoms. The average molecular weight is 336 g/mol. The van der Waals surface area contributed by atoms with E-state index >= 15 is 0 Å². The number of aliphatic hydroxyl groups is 1. The second kappa shape index (κ2) is 7.59. The fourth-order valence-corrected chi connectivity index (χ4v) is 3.50. The summed E-state index contributed by atoms with van der Waals surface area (Å²) in [6.45, 7) is 3.34. The molecule has 0 saturated carbocycles. The molecule has 3 rings (SSSR count). The summed E-state index contributed by atoms with van der Waals surface area (Å²) in [4.78, 5) is 16.5. The molecule has 24 heavy (non-hydrogen) atoms.